The minimum atomic E-state index is 0.353. The highest BCUT2D eigenvalue weighted by Crippen LogP contribution is 1.85. The third-order valence-corrected chi connectivity index (χ3v) is 1.51. The molecule has 3 radical (unpaired) electrons. The lowest BCUT2D eigenvalue weighted by Gasteiger charge is -2.14. The van der Waals surface area contributed by atoms with Crippen LogP contribution in [0.2, 0.25) is 0 Å². The number of amides is 3. The van der Waals surface area contributed by atoms with Gasteiger partial charge in [-0.15, -0.1) is 0 Å². The molecule has 14 heavy (non-hydrogen) atoms. The number of nitrogens with one attached hydrogen (secondary N) is 2. The summed E-state index contributed by atoms with van der Waals surface area (Å²) in [7, 11) is 0. The van der Waals surface area contributed by atoms with Crippen molar-refractivity contribution < 1.29 is 14.4 Å². The highest BCUT2D eigenvalue weighted by atomic mass is 16.1. The zero-order valence-corrected chi connectivity index (χ0v) is 7.71. The van der Waals surface area contributed by atoms with Crippen LogP contribution >= 0.6 is 0 Å². The van der Waals surface area contributed by atoms with E-state index in [2.05, 4.69) is 10.6 Å². The minimum Gasteiger partial charge on any atom is -0.348 e. The lowest BCUT2D eigenvalue weighted by molar-refractivity contribution is 0.374. The van der Waals surface area contributed by atoms with Gasteiger partial charge in [0.2, 0.25) is 0 Å². The Morgan fingerprint density at radius 3 is 2.14 bits per heavy atom. The molecule has 0 saturated carbocycles. The Kier molecular flexibility index (Phi) is 8.42. The van der Waals surface area contributed by atoms with Crippen molar-refractivity contribution in [2.24, 2.45) is 0 Å². The predicted molar refractivity (Wildman–Crippen MR) is 49.3 cm³/mol. The molecule has 6 heteroatoms. The molecule has 0 bridgehead atoms. The lowest BCUT2D eigenvalue weighted by Crippen LogP contribution is -2.32. The SMILES string of the molecule is O=[C]NCCCN([C]=O)CCN[C]=O. The molecule has 0 unspecified atom stereocenters. The number of carbonyl (C=O) groups excluding carboxylic acids is 3. The molecule has 0 aliphatic rings. The number of nitrogens with zero attached hydrogens (tertiary/aromatic N) is 1. The Bertz CT molecular complexity index is 175. The van der Waals surface area contributed by atoms with Gasteiger partial charge in [0.1, 0.15) is 0 Å². The van der Waals surface area contributed by atoms with E-state index in [1.807, 2.05) is 0 Å². The topological polar surface area (TPSA) is 78.5 Å². The van der Waals surface area contributed by atoms with Crippen LogP contribution in [0.4, 0.5) is 0 Å². The minimum absolute atomic E-state index is 0.353. The van der Waals surface area contributed by atoms with Gasteiger partial charge in [0.15, 0.2) is 0 Å². The Balaban J connectivity index is 3.42. The molecule has 0 aliphatic carbocycles. The molecule has 0 heterocycles. The van der Waals surface area contributed by atoms with Crippen molar-refractivity contribution in [2.45, 2.75) is 6.42 Å². The van der Waals surface area contributed by atoms with Crippen LogP contribution in [0.3, 0.4) is 0 Å². The summed E-state index contributed by atoms with van der Waals surface area (Å²) in [6, 6.07) is 0. The van der Waals surface area contributed by atoms with E-state index in [4.69, 9.17) is 0 Å². The molecule has 0 rings (SSSR count). The fourth-order valence-electron chi connectivity index (χ4n) is 0.854. The molecule has 0 aromatic rings. The zero-order valence-electron chi connectivity index (χ0n) is 7.71. The summed E-state index contributed by atoms with van der Waals surface area (Å²) in [5.41, 5.74) is 0. The largest absolute Gasteiger partial charge is 0.348 e. The van der Waals surface area contributed by atoms with Crippen LogP contribution < -0.4 is 10.6 Å². The summed E-state index contributed by atoms with van der Waals surface area (Å²) in [5, 5.41) is 4.67. The van der Waals surface area contributed by atoms with Crippen molar-refractivity contribution in [2.75, 3.05) is 26.2 Å². The molecule has 0 spiro atoms. The van der Waals surface area contributed by atoms with Crippen LogP contribution in [0, 0.1) is 0 Å². The molecule has 6 nitrogen and oxygen atoms in total. The molecular formula is C8H12N3O3. The van der Waals surface area contributed by atoms with Gasteiger partial charge in [-0.05, 0) is 6.42 Å². The van der Waals surface area contributed by atoms with Crippen LogP contribution in [-0.2, 0) is 14.4 Å². The van der Waals surface area contributed by atoms with Gasteiger partial charge in [0, 0.05) is 26.2 Å². The van der Waals surface area contributed by atoms with E-state index < -0.39 is 0 Å². The summed E-state index contributed by atoms with van der Waals surface area (Å²) < 4.78 is 0. The Hall–Kier alpha value is -1.59. The Morgan fingerprint density at radius 2 is 1.57 bits per heavy atom. The third kappa shape index (κ3) is 7.08. The second kappa shape index (κ2) is 9.50. The first-order valence-electron chi connectivity index (χ1n) is 4.18. The van der Waals surface area contributed by atoms with E-state index >= 15 is 0 Å². The molecular weight excluding hydrogens is 186 g/mol. The summed E-state index contributed by atoms with van der Waals surface area (Å²) in [4.78, 5) is 31.2. The normalized spacial score (nSPS) is 8.86. The van der Waals surface area contributed by atoms with Gasteiger partial charge < -0.3 is 15.5 Å². The number of hydrogen-bond donors (Lipinski definition) is 2. The number of hydrogen-bond acceptors (Lipinski definition) is 3. The second-order valence-corrected chi connectivity index (χ2v) is 2.49. The van der Waals surface area contributed by atoms with E-state index in [0.29, 0.717) is 32.6 Å². The van der Waals surface area contributed by atoms with Gasteiger partial charge in [0.05, 0.1) is 0 Å². The van der Waals surface area contributed by atoms with E-state index in [-0.39, 0.29) is 0 Å². The van der Waals surface area contributed by atoms with Gasteiger partial charge in [-0.1, -0.05) is 0 Å². The average Bonchev–Trinajstić information content (AvgIpc) is 2.22. The molecule has 0 atom stereocenters. The highest BCUT2D eigenvalue weighted by Gasteiger charge is 2.01. The van der Waals surface area contributed by atoms with Crippen molar-refractivity contribution in [3.8, 4) is 0 Å². The first kappa shape index (κ1) is 12.4. The summed E-state index contributed by atoms with van der Waals surface area (Å²) in [5.74, 6) is 0. The first-order chi connectivity index (χ1) is 6.85. The van der Waals surface area contributed by atoms with Gasteiger partial charge in [-0.25, -0.2) is 0 Å². The van der Waals surface area contributed by atoms with E-state index in [1.54, 1.807) is 6.41 Å². The lowest BCUT2D eigenvalue weighted by atomic mass is 10.4. The summed E-state index contributed by atoms with van der Waals surface area (Å²) in [6.45, 7) is 1.70. The van der Waals surface area contributed by atoms with Gasteiger partial charge in [0.25, 0.3) is 0 Å². The molecule has 2 N–H and O–H groups in total. The van der Waals surface area contributed by atoms with Crippen LogP contribution in [0.1, 0.15) is 6.42 Å². The van der Waals surface area contributed by atoms with Crippen molar-refractivity contribution in [3.63, 3.8) is 0 Å². The van der Waals surface area contributed by atoms with Crippen LogP contribution in [0.15, 0.2) is 0 Å². The number of rotatable bonds is 10. The van der Waals surface area contributed by atoms with E-state index in [0.717, 1.165) is 0 Å². The van der Waals surface area contributed by atoms with Crippen molar-refractivity contribution in [1.82, 2.24) is 15.5 Å². The quantitative estimate of drug-likeness (QED) is 0.316. The Morgan fingerprint density at radius 1 is 0.929 bits per heavy atom. The van der Waals surface area contributed by atoms with Crippen molar-refractivity contribution >= 4 is 19.2 Å². The fourth-order valence-corrected chi connectivity index (χ4v) is 0.854. The Labute approximate surface area is 82.6 Å². The van der Waals surface area contributed by atoms with Crippen molar-refractivity contribution in [1.29, 1.82) is 0 Å². The maximum atomic E-state index is 10.3. The van der Waals surface area contributed by atoms with Gasteiger partial charge in [-0.3, -0.25) is 14.4 Å². The molecule has 0 aromatic heterocycles. The zero-order chi connectivity index (χ0) is 10.6. The third-order valence-electron chi connectivity index (χ3n) is 1.51. The smallest absolute Gasteiger partial charge is 0.312 e. The summed E-state index contributed by atoms with van der Waals surface area (Å²) >= 11 is 0. The van der Waals surface area contributed by atoms with E-state index in [9.17, 15) is 14.4 Å². The standard InChI is InChI=1S/C8H12N3O3/c12-6-9-2-1-4-11(8-14)5-3-10-7-13/h1-5H2,(H,9,12)(H,10,13). The molecule has 0 aromatic carbocycles. The maximum absolute atomic E-state index is 10.3. The van der Waals surface area contributed by atoms with Crippen LogP contribution in [-0.4, -0.2) is 50.3 Å². The first-order valence-corrected chi connectivity index (χ1v) is 4.18. The fraction of sp³-hybridized carbons (Fsp3) is 0.625. The van der Waals surface area contributed by atoms with Crippen LogP contribution in [0.5, 0.6) is 0 Å². The van der Waals surface area contributed by atoms with Crippen molar-refractivity contribution in [3.05, 3.63) is 0 Å². The predicted octanol–water partition coefficient (Wildman–Crippen LogP) is -1.94. The van der Waals surface area contributed by atoms with Gasteiger partial charge >= 0.3 is 19.2 Å². The van der Waals surface area contributed by atoms with E-state index in [1.165, 1.54) is 17.7 Å². The molecule has 3 amide bonds. The summed E-state index contributed by atoms with van der Waals surface area (Å²) in [6.07, 6.45) is 5.39. The molecule has 77 valence electrons. The molecule has 0 aliphatic heterocycles. The maximum Gasteiger partial charge on any atom is 0.312 e. The second-order valence-electron chi connectivity index (χ2n) is 2.49. The average molecular weight is 198 g/mol. The molecule has 0 saturated heterocycles. The monoisotopic (exact) mass is 198 g/mol. The van der Waals surface area contributed by atoms with Crippen LogP contribution in [0.25, 0.3) is 0 Å². The van der Waals surface area contributed by atoms with Gasteiger partial charge in [-0.2, -0.15) is 0 Å². The molecule has 0 fully saturated rings. The highest BCUT2D eigenvalue weighted by molar-refractivity contribution is 5.49.